The lowest BCUT2D eigenvalue weighted by atomic mass is 10.2. The Bertz CT molecular complexity index is 731. The van der Waals surface area contributed by atoms with Crippen LogP contribution in [0.5, 0.6) is 5.75 Å². The number of anilines is 2. The second-order valence-electron chi connectivity index (χ2n) is 6.00. The number of piperazine rings is 1. The van der Waals surface area contributed by atoms with Crippen LogP contribution < -0.4 is 14.5 Å². The molecule has 0 atom stereocenters. The van der Waals surface area contributed by atoms with Gasteiger partial charge in [-0.25, -0.2) is 9.37 Å². The fourth-order valence-electron chi connectivity index (χ4n) is 3.12. The first kappa shape index (κ1) is 17.4. The van der Waals surface area contributed by atoms with E-state index in [9.17, 15) is 4.39 Å². The molecule has 0 aliphatic carbocycles. The van der Waals surface area contributed by atoms with Gasteiger partial charge in [0.1, 0.15) is 11.6 Å². The standard InChI is InChI=1S/C18H24FN5O/c1-4-14-15(5-2)21-22-18(20-14)24-10-8-23(9-11-24)16-7-6-13(19)12-17(16)25-3/h6-7,12H,4-5,8-11H2,1-3H3. The molecule has 0 radical (unpaired) electrons. The second kappa shape index (κ2) is 7.63. The third-order valence-corrected chi connectivity index (χ3v) is 4.54. The Morgan fingerprint density at radius 3 is 2.32 bits per heavy atom. The highest BCUT2D eigenvalue weighted by molar-refractivity contribution is 5.59. The van der Waals surface area contributed by atoms with Crippen LogP contribution in [0.2, 0.25) is 0 Å². The molecule has 1 saturated heterocycles. The lowest BCUT2D eigenvalue weighted by Gasteiger charge is -2.36. The average molecular weight is 345 g/mol. The first-order chi connectivity index (χ1) is 12.2. The molecule has 25 heavy (non-hydrogen) atoms. The van der Waals surface area contributed by atoms with Gasteiger partial charge in [0.15, 0.2) is 0 Å². The Hall–Kier alpha value is -2.44. The maximum Gasteiger partial charge on any atom is 0.245 e. The van der Waals surface area contributed by atoms with Crippen LogP contribution in [0.4, 0.5) is 16.0 Å². The van der Waals surface area contributed by atoms with Crippen molar-refractivity contribution in [3.63, 3.8) is 0 Å². The molecule has 7 heteroatoms. The van der Waals surface area contributed by atoms with E-state index >= 15 is 0 Å². The Morgan fingerprint density at radius 2 is 1.68 bits per heavy atom. The maximum atomic E-state index is 13.4. The van der Waals surface area contributed by atoms with Crippen molar-refractivity contribution in [2.24, 2.45) is 0 Å². The monoisotopic (exact) mass is 345 g/mol. The summed E-state index contributed by atoms with van der Waals surface area (Å²) in [6.07, 6.45) is 1.71. The molecule has 6 nitrogen and oxygen atoms in total. The van der Waals surface area contributed by atoms with Gasteiger partial charge in [0.2, 0.25) is 5.95 Å². The van der Waals surface area contributed by atoms with Crippen LogP contribution in [0.25, 0.3) is 0 Å². The average Bonchev–Trinajstić information content (AvgIpc) is 2.67. The van der Waals surface area contributed by atoms with Crippen LogP contribution in [0.15, 0.2) is 18.2 Å². The number of benzene rings is 1. The van der Waals surface area contributed by atoms with E-state index in [1.807, 2.05) is 0 Å². The van der Waals surface area contributed by atoms with Gasteiger partial charge in [-0.2, -0.15) is 5.10 Å². The number of rotatable bonds is 5. The van der Waals surface area contributed by atoms with Crippen LogP contribution in [0.3, 0.4) is 0 Å². The van der Waals surface area contributed by atoms with Crippen LogP contribution >= 0.6 is 0 Å². The van der Waals surface area contributed by atoms with Crippen LogP contribution in [0.1, 0.15) is 25.2 Å². The summed E-state index contributed by atoms with van der Waals surface area (Å²) in [6.45, 7) is 7.32. The molecule has 2 heterocycles. The molecule has 0 unspecified atom stereocenters. The number of aryl methyl sites for hydroxylation is 2. The van der Waals surface area contributed by atoms with Gasteiger partial charge in [0.25, 0.3) is 0 Å². The van der Waals surface area contributed by atoms with Crippen LogP contribution in [0, 0.1) is 5.82 Å². The van der Waals surface area contributed by atoms with Gasteiger partial charge < -0.3 is 14.5 Å². The lowest BCUT2D eigenvalue weighted by Crippen LogP contribution is -2.47. The molecule has 0 spiro atoms. The van der Waals surface area contributed by atoms with Gasteiger partial charge in [-0.3, -0.25) is 0 Å². The van der Waals surface area contributed by atoms with Crippen molar-refractivity contribution < 1.29 is 9.13 Å². The molecule has 1 aliphatic heterocycles. The van der Waals surface area contributed by atoms with Crippen molar-refractivity contribution in [2.75, 3.05) is 43.1 Å². The van der Waals surface area contributed by atoms with E-state index in [1.165, 1.54) is 12.1 Å². The van der Waals surface area contributed by atoms with Gasteiger partial charge in [-0.1, -0.05) is 13.8 Å². The van der Waals surface area contributed by atoms with Crippen molar-refractivity contribution in [1.29, 1.82) is 0 Å². The van der Waals surface area contributed by atoms with Crippen molar-refractivity contribution in [2.45, 2.75) is 26.7 Å². The topological polar surface area (TPSA) is 54.4 Å². The zero-order chi connectivity index (χ0) is 17.8. The highest BCUT2D eigenvalue weighted by Gasteiger charge is 2.22. The molecular formula is C18H24FN5O. The summed E-state index contributed by atoms with van der Waals surface area (Å²) in [4.78, 5) is 9.04. The summed E-state index contributed by atoms with van der Waals surface area (Å²) in [5.74, 6) is 0.966. The quantitative estimate of drug-likeness (QED) is 0.830. The van der Waals surface area contributed by atoms with Crippen molar-refractivity contribution in [3.05, 3.63) is 35.4 Å². The van der Waals surface area contributed by atoms with Gasteiger partial charge >= 0.3 is 0 Å². The van der Waals surface area contributed by atoms with Gasteiger partial charge in [-0.05, 0) is 25.0 Å². The SMILES string of the molecule is CCc1nnc(N2CCN(c3ccc(F)cc3OC)CC2)nc1CC. The predicted molar refractivity (Wildman–Crippen MR) is 96.0 cm³/mol. The third kappa shape index (κ3) is 3.65. The van der Waals surface area contributed by atoms with Crippen LogP contribution in [-0.4, -0.2) is 48.5 Å². The van der Waals surface area contributed by atoms with Gasteiger partial charge in [0.05, 0.1) is 24.2 Å². The molecule has 1 aromatic heterocycles. The first-order valence-corrected chi connectivity index (χ1v) is 8.72. The van der Waals surface area contributed by atoms with Crippen molar-refractivity contribution in [1.82, 2.24) is 15.2 Å². The zero-order valence-corrected chi connectivity index (χ0v) is 15.0. The minimum Gasteiger partial charge on any atom is -0.494 e. The molecule has 0 N–H and O–H groups in total. The molecule has 0 saturated carbocycles. The summed E-state index contributed by atoms with van der Waals surface area (Å²) in [7, 11) is 1.57. The minimum absolute atomic E-state index is 0.290. The molecular weight excluding hydrogens is 321 g/mol. The molecule has 2 aromatic rings. The smallest absolute Gasteiger partial charge is 0.245 e. The summed E-state index contributed by atoms with van der Waals surface area (Å²) >= 11 is 0. The number of aromatic nitrogens is 3. The fourth-order valence-corrected chi connectivity index (χ4v) is 3.12. The van der Waals surface area contributed by atoms with Crippen molar-refractivity contribution in [3.8, 4) is 5.75 Å². The highest BCUT2D eigenvalue weighted by Crippen LogP contribution is 2.30. The van der Waals surface area contributed by atoms with Crippen LogP contribution in [-0.2, 0) is 12.8 Å². The molecule has 0 amide bonds. The number of methoxy groups -OCH3 is 1. The number of nitrogens with zero attached hydrogens (tertiary/aromatic N) is 5. The minimum atomic E-state index is -0.290. The molecule has 1 fully saturated rings. The van der Waals surface area contributed by atoms with E-state index in [4.69, 9.17) is 4.74 Å². The van der Waals surface area contributed by atoms with Gasteiger partial charge in [0, 0.05) is 32.2 Å². The summed E-state index contributed by atoms with van der Waals surface area (Å²) in [5, 5.41) is 8.62. The Kier molecular flexibility index (Phi) is 5.31. The van der Waals surface area contributed by atoms with E-state index in [2.05, 4.69) is 38.8 Å². The number of hydrogen-bond donors (Lipinski definition) is 0. The zero-order valence-electron chi connectivity index (χ0n) is 15.0. The van der Waals surface area contributed by atoms with Crippen molar-refractivity contribution >= 4 is 11.6 Å². The largest absolute Gasteiger partial charge is 0.494 e. The van der Waals surface area contributed by atoms with E-state index in [0.717, 1.165) is 56.1 Å². The Labute approximate surface area is 147 Å². The third-order valence-electron chi connectivity index (χ3n) is 4.54. The lowest BCUT2D eigenvalue weighted by molar-refractivity contribution is 0.410. The maximum absolute atomic E-state index is 13.4. The Morgan fingerprint density at radius 1 is 1.00 bits per heavy atom. The van der Waals surface area contributed by atoms with E-state index in [1.54, 1.807) is 13.2 Å². The number of ether oxygens (including phenoxy) is 1. The molecule has 0 bridgehead atoms. The number of hydrogen-bond acceptors (Lipinski definition) is 6. The summed E-state index contributed by atoms with van der Waals surface area (Å²) in [6, 6.07) is 4.66. The Balaban J connectivity index is 1.72. The molecule has 3 rings (SSSR count). The predicted octanol–water partition coefficient (Wildman–Crippen LogP) is 2.47. The molecule has 1 aromatic carbocycles. The second-order valence-corrected chi connectivity index (χ2v) is 6.00. The van der Waals surface area contributed by atoms with E-state index < -0.39 is 0 Å². The normalized spacial score (nSPS) is 14.7. The highest BCUT2D eigenvalue weighted by atomic mass is 19.1. The summed E-state index contributed by atoms with van der Waals surface area (Å²) in [5.41, 5.74) is 2.91. The number of halogens is 1. The summed E-state index contributed by atoms with van der Waals surface area (Å²) < 4.78 is 18.7. The molecule has 134 valence electrons. The first-order valence-electron chi connectivity index (χ1n) is 8.72. The van der Waals surface area contributed by atoms with E-state index in [-0.39, 0.29) is 5.82 Å². The van der Waals surface area contributed by atoms with E-state index in [0.29, 0.717) is 11.7 Å². The molecule has 1 aliphatic rings. The fraction of sp³-hybridized carbons (Fsp3) is 0.500. The van der Waals surface area contributed by atoms with Gasteiger partial charge in [-0.15, -0.1) is 5.10 Å².